The third-order valence-electron chi connectivity index (χ3n) is 3.31. The van der Waals surface area contributed by atoms with E-state index in [4.69, 9.17) is 5.11 Å². The van der Waals surface area contributed by atoms with Crippen molar-refractivity contribution in [3.8, 4) is 5.75 Å². The summed E-state index contributed by atoms with van der Waals surface area (Å²) in [4.78, 5) is 10.2. The number of benzene rings is 2. The molecule has 8 heteroatoms. The molecule has 0 heterocycles. The fourth-order valence-electron chi connectivity index (χ4n) is 2.14. The number of nitrogens with one attached hydrogen (secondary N) is 1. The summed E-state index contributed by atoms with van der Waals surface area (Å²) in [6.07, 6.45) is 0.539. The van der Waals surface area contributed by atoms with E-state index >= 15 is 0 Å². The zero-order chi connectivity index (χ0) is 17.5. The summed E-state index contributed by atoms with van der Waals surface area (Å²) in [5.41, 5.74) is 1.72. The highest BCUT2D eigenvalue weighted by atomic mass is 19.3. The van der Waals surface area contributed by atoms with Crippen LogP contribution in [0.2, 0.25) is 0 Å². The molecule has 0 saturated carbocycles. The molecular weight excluding hydrogens is 322 g/mol. The van der Waals surface area contributed by atoms with Gasteiger partial charge in [0.05, 0.1) is 4.92 Å². The first-order valence-electron chi connectivity index (χ1n) is 7.15. The topological polar surface area (TPSA) is 84.6 Å². The molecule has 0 bridgehead atoms. The van der Waals surface area contributed by atoms with Gasteiger partial charge in [-0.3, -0.25) is 10.1 Å². The summed E-state index contributed by atoms with van der Waals surface area (Å²) >= 11 is 0. The second-order valence-corrected chi connectivity index (χ2v) is 4.95. The molecule has 0 spiro atoms. The van der Waals surface area contributed by atoms with Crippen molar-refractivity contribution in [1.82, 2.24) is 0 Å². The number of ether oxygens (including phenoxy) is 1. The van der Waals surface area contributed by atoms with Crippen LogP contribution in [0.3, 0.4) is 0 Å². The van der Waals surface area contributed by atoms with Crippen LogP contribution in [0.15, 0.2) is 42.5 Å². The minimum absolute atomic E-state index is 0.0504. The second-order valence-electron chi connectivity index (χ2n) is 4.95. The van der Waals surface area contributed by atoms with E-state index < -0.39 is 11.5 Å². The Labute approximate surface area is 136 Å². The van der Waals surface area contributed by atoms with Gasteiger partial charge in [0.1, 0.15) is 5.75 Å². The van der Waals surface area contributed by atoms with Gasteiger partial charge in [-0.1, -0.05) is 12.1 Å². The van der Waals surface area contributed by atoms with Crippen LogP contribution < -0.4 is 10.1 Å². The first-order valence-corrected chi connectivity index (χ1v) is 7.15. The molecule has 2 aromatic rings. The van der Waals surface area contributed by atoms with Crippen LogP contribution in [0.5, 0.6) is 5.75 Å². The zero-order valence-electron chi connectivity index (χ0n) is 12.6. The van der Waals surface area contributed by atoms with Crippen molar-refractivity contribution >= 4 is 11.4 Å². The van der Waals surface area contributed by atoms with Crippen molar-refractivity contribution in [3.63, 3.8) is 0 Å². The summed E-state index contributed by atoms with van der Waals surface area (Å²) in [6.45, 7) is -2.87. The number of anilines is 1. The van der Waals surface area contributed by atoms with Crippen LogP contribution >= 0.6 is 0 Å². The minimum atomic E-state index is -3.01. The predicted octanol–water partition coefficient (Wildman–Crippen LogP) is 3.34. The number of nitro benzene ring substituents is 1. The molecule has 0 unspecified atom stereocenters. The number of rotatable bonds is 8. The van der Waals surface area contributed by atoms with E-state index in [0.717, 1.165) is 17.7 Å². The number of halogens is 2. The maximum atomic E-state index is 12.4. The van der Waals surface area contributed by atoms with E-state index in [-0.39, 0.29) is 30.2 Å². The van der Waals surface area contributed by atoms with Crippen molar-refractivity contribution in [1.29, 1.82) is 0 Å². The maximum Gasteiger partial charge on any atom is 0.387 e. The Morgan fingerprint density at radius 3 is 2.50 bits per heavy atom. The van der Waals surface area contributed by atoms with E-state index in [1.165, 1.54) is 6.07 Å². The summed E-state index contributed by atoms with van der Waals surface area (Å²) in [6, 6.07) is 10.7. The Morgan fingerprint density at radius 2 is 1.92 bits per heavy atom. The first kappa shape index (κ1) is 17.6. The second kappa shape index (κ2) is 8.21. The Bertz CT molecular complexity index is 693. The van der Waals surface area contributed by atoms with Gasteiger partial charge in [-0.05, 0) is 30.2 Å². The van der Waals surface area contributed by atoms with Gasteiger partial charge in [0.15, 0.2) is 0 Å². The van der Waals surface area contributed by atoms with Gasteiger partial charge in [-0.25, -0.2) is 0 Å². The number of nitrogens with zero attached hydrogens (tertiary/aromatic N) is 1. The van der Waals surface area contributed by atoms with E-state index in [1.54, 1.807) is 12.1 Å². The molecule has 0 aliphatic carbocycles. The molecule has 2 aromatic carbocycles. The monoisotopic (exact) mass is 338 g/mol. The Kier molecular flexibility index (Phi) is 6.02. The minimum Gasteiger partial charge on any atom is -0.434 e. The van der Waals surface area contributed by atoms with E-state index in [2.05, 4.69) is 10.1 Å². The van der Waals surface area contributed by atoms with Gasteiger partial charge in [-0.15, -0.1) is 0 Å². The highest BCUT2D eigenvalue weighted by molar-refractivity contribution is 5.49. The fourth-order valence-corrected chi connectivity index (χ4v) is 2.14. The molecule has 0 amide bonds. The number of aliphatic hydroxyl groups is 1. The Morgan fingerprint density at radius 1 is 1.21 bits per heavy atom. The average molecular weight is 338 g/mol. The number of non-ortho nitro benzene ring substituents is 1. The molecule has 0 atom stereocenters. The highest BCUT2D eigenvalue weighted by Crippen LogP contribution is 2.26. The normalized spacial score (nSPS) is 10.7. The molecule has 0 aliphatic rings. The third kappa shape index (κ3) is 4.88. The number of hydrogen-bond donors (Lipinski definition) is 2. The molecule has 2 N–H and O–H groups in total. The van der Waals surface area contributed by atoms with Gasteiger partial charge in [-0.2, -0.15) is 8.78 Å². The standard InChI is InChI=1S/C16H16F2N2O4/c17-16(18)24-15-6-5-14(20(22)23)9-12(15)10-19-13-3-1-11(2-4-13)7-8-21/h1-6,9,16,19,21H,7-8,10H2. The predicted molar refractivity (Wildman–Crippen MR) is 84.3 cm³/mol. The van der Waals surface area contributed by atoms with Gasteiger partial charge in [0, 0.05) is 36.5 Å². The van der Waals surface area contributed by atoms with Gasteiger partial charge < -0.3 is 15.2 Å². The van der Waals surface area contributed by atoms with Crippen molar-refractivity contribution < 1.29 is 23.5 Å². The van der Waals surface area contributed by atoms with E-state index in [0.29, 0.717) is 12.1 Å². The lowest BCUT2D eigenvalue weighted by Crippen LogP contribution is -2.08. The van der Waals surface area contributed by atoms with Crippen LogP contribution in [-0.4, -0.2) is 23.2 Å². The van der Waals surface area contributed by atoms with Crippen LogP contribution in [-0.2, 0) is 13.0 Å². The van der Waals surface area contributed by atoms with Crippen molar-refractivity contribution in [2.24, 2.45) is 0 Å². The largest absolute Gasteiger partial charge is 0.434 e. The van der Waals surface area contributed by atoms with Crippen molar-refractivity contribution in [2.75, 3.05) is 11.9 Å². The van der Waals surface area contributed by atoms with Crippen LogP contribution in [0, 0.1) is 10.1 Å². The maximum absolute atomic E-state index is 12.4. The number of nitro groups is 1. The molecule has 0 aliphatic heterocycles. The molecule has 128 valence electrons. The van der Waals surface area contributed by atoms with Gasteiger partial charge in [0.2, 0.25) is 0 Å². The van der Waals surface area contributed by atoms with Crippen molar-refractivity contribution in [2.45, 2.75) is 19.6 Å². The lowest BCUT2D eigenvalue weighted by atomic mass is 10.1. The number of hydrogen-bond acceptors (Lipinski definition) is 5. The highest BCUT2D eigenvalue weighted by Gasteiger charge is 2.14. The number of alkyl halides is 2. The van der Waals surface area contributed by atoms with Gasteiger partial charge in [0.25, 0.3) is 5.69 Å². The van der Waals surface area contributed by atoms with Crippen LogP contribution in [0.25, 0.3) is 0 Å². The molecule has 0 fully saturated rings. The molecule has 0 aromatic heterocycles. The SMILES string of the molecule is O=[N+]([O-])c1ccc(OC(F)F)c(CNc2ccc(CCO)cc2)c1. The zero-order valence-corrected chi connectivity index (χ0v) is 12.6. The molecule has 0 radical (unpaired) electrons. The molecule has 6 nitrogen and oxygen atoms in total. The van der Waals surface area contributed by atoms with Crippen LogP contribution in [0.1, 0.15) is 11.1 Å². The lowest BCUT2D eigenvalue weighted by Gasteiger charge is -2.12. The average Bonchev–Trinajstić information content (AvgIpc) is 2.55. The Balaban J connectivity index is 2.14. The van der Waals surface area contributed by atoms with E-state index in [9.17, 15) is 18.9 Å². The first-order chi connectivity index (χ1) is 11.5. The van der Waals surface area contributed by atoms with Crippen LogP contribution in [0.4, 0.5) is 20.2 Å². The number of aliphatic hydroxyl groups excluding tert-OH is 1. The smallest absolute Gasteiger partial charge is 0.387 e. The third-order valence-corrected chi connectivity index (χ3v) is 3.31. The molecule has 24 heavy (non-hydrogen) atoms. The lowest BCUT2D eigenvalue weighted by molar-refractivity contribution is -0.384. The summed E-state index contributed by atoms with van der Waals surface area (Å²) < 4.78 is 29.3. The molecular formula is C16H16F2N2O4. The van der Waals surface area contributed by atoms with E-state index in [1.807, 2.05) is 12.1 Å². The fraction of sp³-hybridized carbons (Fsp3) is 0.250. The Hall–Kier alpha value is -2.74. The van der Waals surface area contributed by atoms with Crippen molar-refractivity contribution in [3.05, 3.63) is 63.7 Å². The quantitative estimate of drug-likeness (QED) is 0.570. The summed E-state index contributed by atoms with van der Waals surface area (Å²) in [5, 5.41) is 22.7. The summed E-state index contributed by atoms with van der Waals surface area (Å²) in [5.74, 6) is -0.111. The molecule has 0 saturated heterocycles. The molecule has 2 rings (SSSR count). The summed E-state index contributed by atoms with van der Waals surface area (Å²) in [7, 11) is 0. The van der Waals surface area contributed by atoms with Gasteiger partial charge >= 0.3 is 6.61 Å².